The van der Waals surface area contributed by atoms with Gasteiger partial charge in [-0.1, -0.05) is 19.1 Å². The summed E-state index contributed by atoms with van der Waals surface area (Å²) >= 11 is 4.97. The molecule has 1 unspecified atom stereocenters. The highest BCUT2D eigenvalue weighted by Gasteiger charge is 2.21. The van der Waals surface area contributed by atoms with Crippen molar-refractivity contribution in [2.24, 2.45) is 11.7 Å². The van der Waals surface area contributed by atoms with Crippen molar-refractivity contribution in [3.63, 3.8) is 0 Å². The van der Waals surface area contributed by atoms with Crippen molar-refractivity contribution in [3.8, 4) is 0 Å². The molecule has 0 bridgehead atoms. The van der Waals surface area contributed by atoms with Crippen molar-refractivity contribution >= 4 is 17.2 Å². The van der Waals surface area contributed by atoms with Crippen LogP contribution >= 0.6 is 12.2 Å². The van der Waals surface area contributed by atoms with Crippen LogP contribution in [-0.2, 0) is 4.74 Å². The van der Waals surface area contributed by atoms with E-state index in [1.165, 1.54) is 0 Å². The largest absolute Gasteiger partial charge is 0.394 e. The number of ether oxygens (including phenoxy) is 1. The fourth-order valence-electron chi connectivity index (χ4n) is 1.96. The zero-order valence-corrected chi connectivity index (χ0v) is 10.7. The Labute approximate surface area is 103 Å². The first-order valence-electron chi connectivity index (χ1n) is 5.87. The van der Waals surface area contributed by atoms with Crippen LogP contribution in [0.3, 0.4) is 0 Å². The Kier molecular flexibility index (Phi) is 6.20. The highest BCUT2D eigenvalue weighted by atomic mass is 32.1. The van der Waals surface area contributed by atoms with Gasteiger partial charge in [0, 0.05) is 25.6 Å². The molecule has 1 aliphatic heterocycles. The number of hydrogen-bond donors (Lipinski definition) is 2. The zero-order chi connectivity index (χ0) is 12.0. The minimum atomic E-state index is 0.110. The molecule has 0 radical (unpaired) electrons. The molecule has 0 amide bonds. The normalized spacial score (nSPS) is 20.9. The van der Waals surface area contributed by atoms with Crippen LogP contribution in [0.5, 0.6) is 0 Å². The average Bonchev–Trinajstić information content (AvgIpc) is 2.28. The Morgan fingerprint density at radius 1 is 1.56 bits per heavy atom. The molecule has 0 aromatic carbocycles. The summed E-state index contributed by atoms with van der Waals surface area (Å²) in [4.78, 5) is 2.97. The zero-order valence-electron chi connectivity index (χ0n) is 9.89. The molecule has 1 aliphatic rings. The molecule has 16 heavy (non-hydrogen) atoms. The molecule has 1 atom stereocenters. The average molecular weight is 246 g/mol. The van der Waals surface area contributed by atoms with E-state index in [9.17, 15) is 0 Å². The molecular formula is C11H22N2O2S. The summed E-state index contributed by atoms with van der Waals surface area (Å²) in [5, 5.41) is 8.67. The summed E-state index contributed by atoms with van der Waals surface area (Å²) in [6, 6.07) is 0. The van der Waals surface area contributed by atoms with Crippen LogP contribution in [0.25, 0.3) is 0 Å². The number of rotatable bonds is 6. The lowest BCUT2D eigenvalue weighted by atomic mass is 10.1. The SMILES string of the molecule is CC(CN1CCC(OCCO)CC1)C(N)=S. The lowest BCUT2D eigenvalue weighted by Gasteiger charge is -2.33. The lowest BCUT2D eigenvalue weighted by Crippen LogP contribution is -2.41. The summed E-state index contributed by atoms with van der Waals surface area (Å²) in [5.74, 6) is 0.282. The highest BCUT2D eigenvalue weighted by molar-refractivity contribution is 7.80. The molecule has 94 valence electrons. The predicted octanol–water partition coefficient (Wildman–Crippen LogP) is 0.382. The molecular weight excluding hydrogens is 224 g/mol. The van der Waals surface area contributed by atoms with Crippen LogP contribution < -0.4 is 5.73 Å². The second-order valence-electron chi connectivity index (χ2n) is 4.40. The number of nitrogens with zero attached hydrogens (tertiary/aromatic N) is 1. The number of thiocarbonyl (C=S) groups is 1. The maximum absolute atomic E-state index is 8.67. The summed E-state index contributed by atoms with van der Waals surface area (Å²) in [5.41, 5.74) is 5.60. The topological polar surface area (TPSA) is 58.7 Å². The van der Waals surface area contributed by atoms with Crippen molar-refractivity contribution in [3.05, 3.63) is 0 Å². The summed E-state index contributed by atoms with van der Waals surface area (Å²) in [6.45, 7) is 5.64. The fraction of sp³-hybridized carbons (Fsp3) is 0.909. The molecule has 1 fully saturated rings. The molecule has 0 aromatic rings. The van der Waals surface area contributed by atoms with Gasteiger partial charge in [-0.2, -0.15) is 0 Å². The molecule has 0 spiro atoms. The first-order chi connectivity index (χ1) is 7.63. The molecule has 5 heteroatoms. The molecule has 0 aromatic heterocycles. The minimum Gasteiger partial charge on any atom is -0.394 e. The Morgan fingerprint density at radius 3 is 2.69 bits per heavy atom. The van der Waals surface area contributed by atoms with Crippen molar-refractivity contribution in [1.82, 2.24) is 4.90 Å². The summed E-state index contributed by atoms with van der Waals surface area (Å²) < 4.78 is 5.51. The number of hydrogen-bond acceptors (Lipinski definition) is 4. The van der Waals surface area contributed by atoms with Gasteiger partial charge in [-0.15, -0.1) is 0 Å². The van der Waals surface area contributed by atoms with E-state index in [2.05, 4.69) is 11.8 Å². The monoisotopic (exact) mass is 246 g/mol. The predicted molar refractivity (Wildman–Crippen MR) is 68.4 cm³/mol. The first-order valence-corrected chi connectivity index (χ1v) is 6.28. The van der Waals surface area contributed by atoms with Crippen LogP contribution in [0.4, 0.5) is 0 Å². The molecule has 1 saturated heterocycles. The fourth-order valence-corrected chi connectivity index (χ4v) is 2.03. The molecule has 4 nitrogen and oxygen atoms in total. The van der Waals surface area contributed by atoms with E-state index in [4.69, 9.17) is 27.8 Å². The lowest BCUT2D eigenvalue weighted by molar-refractivity contribution is -0.00850. The molecule has 0 saturated carbocycles. The van der Waals surface area contributed by atoms with Gasteiger partial charge in [0.1, 0.15) is 0 Å². The van der Waals surface area contributed by atoms with Gasteiger partial charge in [0.2, 0.25) is 0 Å². The van der Waals surface area contributed by atoms with Gasteiger partial charge in [0.15, 0.2) is 0 Å². The Morgan fingerprint density at radius 2 is 2.19 bits per heavy atom. The third kappa shape index (κ3) is 4.74. The van der Waals surface area contributed by atoms with Gasteiger partial charge in [-0.05, 0) is 12.8 Å². The second kappa shape index (κ2) is 7.17. The van der Waals surface area contributed by atoms with Gasteiger partial charge in [-0.25, -0.2) is 0 Å². The van der Waals surface area contributed by atoms with Crippen LogP contribution in [0.2, 0.25) is 0 Å². The summed E-state index contributed by atoms with van der Waals surface area (Å²) in [6.07, 6.45) is 2.37. The Hall–Kier alpha value is -0.230. The van der Waals surface area contributed by atoms with Crippen LogP contribution in [0.1, 0.15) is 19.8 Å². The van der Waals surface area contributed by atoms with Gasteiger partial charge in [0.25, 0.3) is 0 Å². The van der Waals surface area contributed by atoms with E-state index in [0.29, 0.717) is 17.7 Å². The third-order valence-electron chi connectivity index (χ3n) is 3.00. The van der Waals surface area contributed by atoms with Gasteiger partial charge in [-0.3, -0.25) is 0 Å². The van der Waals surface area contributed by atoms with E-state index in [-0.39, 0.29) is 12.5 Å². The number of likely N-dealkylation sites (tertiary alicyclic amines) is 1. The molecule has 1 heterocycles. The van der Waals surface area contributed by atoms with E-state index < -0.39 is 0 Å². The maximum atomic E-state index is 8.67. The Bertz CT molecular complexity index is 218. The molecule has 1 rings (SSSR count). The standard InChI is InChI=1S/C11H22N2O2S/c1-9(11(12)16)8-13-4-2-10(3-5-13)15-7-6-14/h9-10,14H,2-8H2,1H3,(H2,12,16). The Balaban J connectivity index is 2.19. The van der Waals surface area contributed by atoms with Crippen molar-refractivity contribution in [2.75, 3.05) is 32.8 Å². The van der Waals surface area contributed by atoms with E-state index in [1.54, 1.807) is 0 Å². The van der Waals surface area contributed by atoms with E-state index >= 15 is 0 Å². The first kappa shape index (κ1) is 13.8. The number of aliphatic hydroxyl groups is 1. The van der Waals surface area contributed by atoms with Crippen molar-refractivity contribution in [1.29, 1.82) is 0 Å². The van der Waals surface area contributed by atoms with Crippen LogP contribution in [0.15, 0.2) is 0 Å². The molecule has 0 aliphatic carbocycles. The van der Waals surface area contributed by atoms with Crippen molar-refractivity contribution in [2.45, 2.75) is 25.9 Å². The van der Waals surface area contributed by atoms with Crippen molar-refractivity contribution < 1.29 is 9.84 Å². The van der Waals surface area contributed by atoms with Gasteiger partial charge < -0.3 is 20.5 Å². The van der Waals surface area contributed by atoms with Gasteiger partial charge in [0.05, 0.1) is 24.3 Å². The maximum Gasteiger partial charge on any atom is 0.0768 e. The van der Waals surface area contributed by atoms with Crippen LogP contribution in [-0.4, -0.2) is 53.9 Å². The second-order valence-corrected chi connectivity index (χ2v) is 4.87. The van der Waals surface area contributed by atoms with E-state index in [0.717, 1.165) is 32.5 Å². The van der Waals surface area contributed by atoms with Gasteiger partial charge >= 0.3 is 0 Å². The van der Waals surface area contributed by atoms with E-state index in [1.807, 2.05) is 0 Å². The molecule has 3 N–H and O–H groups in total. The third-order valence-corrected chi connectivity index (χ3v) is 3.40. The smallest absolute Gasteiger partial charge is 0.0768 e. The quantitative estimate of drug-likeness (QED) is 0.664. The highest BCUT2D eigenvalue weighted by Crippen LogP contribution is 2.14. The number of nitrogens with two attached hydrogens (primary N) is 1. The summed E-state index contributed by atoms with van der Waals surface area (Å²) in [7, 11) is 0. The van der Waals surface area contributed by atoms with Crippen LogP contribution in [0, 0.1) is 5.92 Å². The number of piperidine rings is 1. The minimum absolute atomic E-state index is 0.110. The number of aliphatic hydroxyl groups excluding tert-OH is 1.